The van der Waals surface area contributed by atoms with Crippen LogP contribution in [-0.2, 0) is 11.3 Å². The molecule has 3 amide bonds. The lowest BCUT2D eigenvalue weighted by molar-refractivity contribution is -0.129. The summed E-state index contributed by atoms with van der Waals surface area (Å²) in [5.41, 5.74) is 2.37. The SMILES string of the molecule is CC(C)N1C[C@H](NC(=O)N(C)Cc2cn[nH]c2-c2ccc(F)cc2)CC1=O. The smallest absolute Gasteiger partial charge is 0.317 e. The lowest BCUT2D eigenvalue weighted by Gasteiger charge is -2.23. The van der Waals surface area contributed by atoms with E-state index in [4.69, 9.17) is 0 Å². The quantitative estimate of drug-likeness (QED) is 0.844. The van der Waals surface area contributed by atoms with E-state index >= 15 is 0 Å². The second-order valence-corrected chi connectivity index (χ2v) is 7.12. The Balaban J connectivity index is 1.62. The second kappa shape index (κ2) is 7.77. The minimum absolute atomic E-state index is 0.0615. The first kappa shape index (κ1) is 18.9. The molecule has 1 aromatic carbocycles. The number of carbonyl (C=O) groups is 2. The standard InChI is InChI=1S/C19H24FN5O2/c1-12(2)25-11-16(8-17(25)26)22-19(27)24(3)10-14-9-21-23-18(14)13-4-6-15(20)7-5-13/h4-7,9,12,16H,8,10-11H2,1-3H3,(H,21,23)(H,22,27)/t16-/m1/s1. The molecule has 0 unspecified atom stereocenters. The van der Waals surface area contributed by atoms with Crippen LogP contribution in [0.2, 0.25) is 0 Å². The van der Waals surface area contributed by atoms with E-state index in [-0.39, 0.29) is 29.8 Å². The van der Waals surface area contributed by atoms with E-state index in [9.17, 15) is 14.0 Å². The van der Waals surface area contributed by atoms with E-state index in [1.54, 1.807) is 35.2 Å². The molecule has 0 bridgehead atoms. The molecule has 0 aliphatic carbocycles. The van der Waals surface area contributed by atoms with E-state index in [1.807, 2.05) is 13.8 Å². The van der Waals surface area contributed by atoms with Gasteiger partial charge in [-0.3, -0.25) is 9.89 Å². The van der Waals surface area contributed by atoms with Gasteiger partial charge >= 0.3 is 6.03 Å². The van der Waals surface area contributed by atoms with Crippen LogP contribution in [0.4, 0.5) is 9.18 Å². The molecule has 2 heterocycles. The van der Waals surface area contributed by atoms with Gasteiger partial charge in [-0.2, -0.15) is 5.10 Å². The highest BCUT2D eigenvalue weighted by molar-refractivity contribution is 5.82. The molecular weight excluding hydrogens is 349 g/mol. The zero-order valence-electron chi connectivity index (χ0n) is 15.7. The molecule has 0 radical (unpaired) electrons. The van der Waals surface area contributed by atoms with Crippen molar-refractivity contribution in [3.05, 3.63) is 41.8 Å². The number of nitrogens with one attached hydrogen (secondary N) is 2. The highest BCUT2D eigenvalue weighted by Crippen LogP contribution is 2.22. The Hall–Kier alpha value is -2.90. The van der Waals surface area contributed by atoms with Crippen LogP contribution in [-0.4, -0.2) is 57.6 Å². The Morgan fingerprint density at radius 1 is 1.41 bits per heavy atom. The summed E-state index contributed by atoms with van der Waals surface area (Å²) in [7, 11) is 1.69. The van der Waals surface area contributed by atoms with Crippen molar-refractivity contribution in [2.75, 3.05) is 13.6 Å². The van der Waals surface area contributed by atoms with Crippen molar-refractivity contribution in [3.8, 4) is 11.3 Å². The van der Waals surface area contributed by atoms with Gasteiger partial charge in [-0.05, 0) is 38.1 Å². The van der Waals surface area contributed by atoms with Crippen LogP contribution in [0, 0.1) is 5.82 Å². The van der Waals surface area contributed by atoms with Crippen molar-refractivity contribution < 1.29 is 14.0 Å². The van der Waals surface area contributed by atoms with Crippen molar-refractivity contribution >= 4 is 11.9 Å². The van der Waals surface area contributed by atoms with Crippen molar-refractivity contribution in [2.45, 2.75) is 38.9 Å². The predicted octanol–water partition coefficient (Wildman–Crippen LogP) is 2.37. The summed E-state index contributed by atoms with van der Waals surface area (Å²) in [6.07, 6.45) is 1.98. The van der Waals surface area contributed by atoms with Gasteiger partial charge in [-0.25, -0.2) is 9.18 Å². The van der Waals surface area contributed by atoms with Crippen molar-refractivity contribution in [1.29, 1.82) is 0 Å². The molecule has 2 aromatic rings. The molecule has 8 heteroatoms. The van der Waals surface area contributed by atoms with E-state index in [0.717, 1.165) is 16.8 Å². The minimum atomic E-state index is -0.308. The number of rotatable bonds is 5. The number of urea groups is 1. The van der Waals surface area contributed by atoms with Crippen LogP contribution in [0.15, 0.2) is 30.5 Å². The number of aromatic amines is 1. The fourth-order valence-electron chi connectivity index (χ4n) is 3.24. The maximum absolute atomic E-state index is 13.1. The molecule has 1 fully saturated rings. The summed E-state index contributed by atoms with van der Waals surface area (Å²) >= 11 is 0. The van der Waals surface area contributed by atoms with Gasteiger partial charge < -0.3 is 15.1 Å². The number of H-pyrrole nitrogens is 1. The molecule has 1 saturated heterocycles. The summed E-state index contributed by atoms with van der Waals surface area (Å²) in [5, 5.41) is 9.87. The Labute approximate surface area is 157 Å². The number of hydrogen-bond donors (Lipinski definition) is 2. The van der Waals surface area contributed by atoms with Crippen molar-refractivity contribution in [1.82, 2.24) is 25.3 Å². The zero-order valence-corrected chi connectivity index (χ0v) is 15.7. The fourth-order valence-corrected chi connectivity index (χ4v) is 3.24. The summed E-state index contributed by atoms with van der Waals surface area (Å²) < 4.78 is 13.1. The molecule has 2 N–H and O–H groups in total. The summed E-state index contributed by atoms with van der Waals surface area (Å²) in [5.74, 6) is -0.246. The van der Waals surface area contributed by atoms with Gasteiger partial charge in [0.2, 0.25) is 5.91 Å². The highest BCUT2D eigenvalue weighted by Gasteiger charge is 2.32. The number of hydrogen-bond acceptors (Lipinski definition) is 3. The number of amides is 3. The Kier molecular flexibility index (Phi) is 5.43. The van der Waals surface area contributed by atoms with Gasteiger partial charge in [0.25, 0.3) is 0 Å². The van der Waals surface area contributed by atoms with Gasteiger partial charge in [0, 0.05) is 37.2 Å². The van der Waals surface area contributed by atoms with Crippen molar-refractivity contribution in [3.63, 3.8) is 0 Å². The van der Waals surface area contributed by atoms with Gasteiger partial charge in [-0.1, -0.05) is 0 Å². The molecule has 27 heavy (non-hydrogen) atoms. The molecule has 1 aromatic heterocycles. The third-order valence-corrected chi connectivity index (χ3v) is 4.71. The van der Waals surface area contributed by atoms with Gasteiger partial charge in [-0.15, -0.1) is 0 Å². The Bertz CT molecular complexity index is 818. The van der Waals surface area contributed by atoms with Gasteiger partial charge in [0.15, 0.2) is 0 Å². The monoisotopic (exact) mass is 373 g/mol. The maximum Gasteiger partial charge on any atom is 0.317 e. The largest absolute Gasteiger partial charge is 0.338 e. The third-order valence-electron chi connectivity index (χ3n) is 4.71. The fraction of sp³-hybridized carbons (Fsp3) is 0.421. The molecule has 3 rings (SSSR count). The molecule has 144 valence electrons. The van der Waals surface area contributed by atoms with E-state index < -0.39 is 0 Å². The van der Waals surface area contributed by atoms with Gasteiger partial charge in [0.05, 0.1) is 24.5 Å². The number of carbonyl (C=O) groups excluding carboxylic acids is 2. The number of benzene rings is 1. The topological polar surface area (TPSA) is 81.3 Å². The number of nitrogens with zero attached hydrogens (tertiary/aromatic N) is 3. The molecule has 7 nitrogen and oxygen atoms in total. The van der Waals surface area contributed by atoms with Crippen LogP contribution in [0.5, 0.6) is 0 Å². The molecule has 1 aliphatic heterocycles. The number of aromatic nitrogens is 2. The molecule has 1 atom stereocenters. The maximum atomic E-state index is 13.1. The molecule has 0 spiro atoms. The predicted molar refractivity (Wildman–Crippen MR) is 99.2 cm³/mol. The Morgan fingerprint density at radius 3 is 2.74 bits per heavy atom. The first-order valence-corrected chi connectivity index (χ1v) is 8.94. The van der Waals surface area contributed by atoms with Crippen LogP contribution in [0.3, 0.4) is 0 Å². The van der Waals surface area contributed by atoms with Crippen LogP contribution in [0.1, 0.15) is 25.8 Å². The zero-order chi connectivity index (χ0) is 19.6. The van der Waals surface area contributed by atoms with Crippen LogP contribution >= 0.6 is 0 Å². The average Bonchev–Trinajstić information content (AvgIpc) is 3.22. The first-order valence-electron chi connectivity index (χ1n) is 8.94. The van der Waals surface area contributed by atoms with E-state index in [0.29, 0.717) is 19.5 Å². The molecular formula is C19H24FN5O2. The summed E-state index contributed by atoms with van der Waals surface area (Å²) in [4.78, 5) is 27.8. The summed E-state index contributed by atoms with van der Waals surface area (Å²) in [6, 6.07) is 5.79. The minimum Gasteiger partial charge on any atom is -0.338 e. The molecule has 1 aliphatic rings. The number of halogens is 1. The lowest BCUT2D eigenvalue weighted by Crippen LogP contribution is -2.44. The third kappa shape index (κ3) is 4.27. The molecule has 0 saturated carbocycles. The van der Waals surface area contributed by atoms with E-state index in [1.165, 1.54) is 12.1 Å². The Morgan fingerprint density at radius 2 is 2.11 bits per heavy atom. The normalized spacial score (nSPS) is 16.9. The van der Waals surface area contributed by atoms with Crippen molar-refractivity contribution in [2.24, 2.45) is 0 Å². The van der Waals surface area contributed by atoms with Gasteiger partial charge in [0.1, 0.15) is 5.82 Å². The van der Waals surface area contributed by atoms with E-state index in [2.05, 4.69) is 15.5 Å². The van der Waals surface area contributed by atoms with Crippen LogP contribution in [0.25, 0.3) is 11.3 Å². The van der Waals surface area contributed by atoms with Crippen LogP contribution < -0.4 is 5.32 Å². The highest BCUT2D eigenvalue weighted by atomic mass is 19.1. The lowest BCUT2D eigenvalue weighted by atomic mass is 10.1. The average molecular weight is 373 g/mol. The second-order valence-electron chi connectivity index (χ2n) is 7.12. The number of likely N-dealkylation sites (tertiary alicyclic amines) is 1. The summed E-state index contributed by atoms with van der Waals surface area (Å²) in [6.45, 7) is 4.79. The first-order chi connectivity index (χ1) is 12.8.